The molecule has 0 saturated heterocycles. The van der Waals surface area contributed by atoms with Crippen LogP contribution in [-0.2, 0) is 6.18 Å². The predicted molar refractivity (Wildman–Crippen MR) is 68.1 cm³/mol. The van der Waals surface area contributed by atoms with E-state index in [0.29, 0.717) is 0 Å². The molecule has 0 spiro atoms. The summed E-state index contributed by atoms with van der Waals surface area (Å²) in [6, 6.07) is 11.1. The second-order valence-electron chi connectivity index (χ2n) is 4.07. The zero-order chi connectivity index (χ0) is 15.5. The molecule has 0 saturated carbocycles. The fraction of sp³-hybridized carbons (Fsp3) is 0.0667. The SMILES string of the molecule is N#Cc1ccccc1Oc1ccc(C=O)c(C(F)(F)F)c1. The van der Waals surface area contributed by atoms with E-state index in [0.717, 1.165) is 12.1 Å². The maximum absolute atomic E-state index is 12.8. The lowest BCUT2D eigenvalue weighted by atomic mass is 10.1. The molecule has 0 amide bonds. The van der Waals surface area contributed by atoms with Crippen LogP contribution < -0.4 is 4.74 Å². The first kappa shape index (κ1) is 14.6. The van der Waals surface area contributed by atoms with E-state index in [-0.39, 0.29) is 23.3 Å². The Kier molecular flexibility index (Phi) is 3.94. The number of rotatable bonds is 3. The normalized spacial score (nSPS) is 10.8. The Morgan fingerprint density at radius 1 is 1.14 bits per heavy atom. The molecule has 0 fully saturated rings. The molecule has 0 aromatic heterocycles. The van der Waals surface area contributed by atoms with Crippen molar-refractivity contribution in [3.8, 4) is 17.6 Å². The van der Waals surface area contributed by atoms with Gasteiger partial charge in [-0.1, -0.05) is 12.1 Å². The lowest BCUT2D eigenvalue weighted by Crippen LogP contribution is -2.09. The summed E-state index contributed by atoms with van der Waals surface area (Å²) in [7, 11) is 0. The molecule has 0 unspecified atom stereocenters. The van der Waals surface area contributed by atoms with Crippen molar-refractivity contribution in [1.29, 1.82) is 5.26 Å². The van der Waals surface area contributed by atoms with E-state index in [4.69, 9.17) is 10.00 Å². The minimum absolute atomic E-state index is 0.101. The molecule has 0 aliphatic rings. The van der Waals surface area contributed by atoms with Gasteiger partial charge in [0.2, 0.25) is 0 Å². The summed E-state index contributed by atoms with van der Waals surface area (Å²) in [4.78, 5) is 10.7. The van der Waals surface area contributed by atoms with Gasteiger partial charge in [0.25, 0.3) is 0 Å². The lowest BCUT2D eigenvalue weighted by Gasteiger charge is -2.12. The summed E-state index contributed by atoms with van der Waals surface area (Å²) in [5.41, 5.74) is -1.35. The summed E-state index contributed by atoms with van der Waals surface area (Å²) >= 11 is 0. The highest BCUT2D eigenvalue weighted by atomic mass is 19.4. The highest BCUT2D eigenvalue weighted by Crippen LogP contribution is 2.35. The molecule has 0 aliphatic carbocycles. The number of halogens is 3. The summed E-state index contributed by atoms with van der Waals surface area (Å²) < 4.78 is 43.8. The van der Waals surface area contributed by atoms with Crippen LogP contribution in [0.15, 0.2) is 42.5 Å². The van der Waals surface area contributed by atoms with Crippen LogP contribution in [0.25, 0.3) is 0 Å². The van der Waals surface area contributed by atoms with E-state index in [2.05, 4.69) is 0 Å². The van der Waals surface area contributed by atoms with Gasteiger partial charge in [-0.3, -0.25) is 4.79 Å². The topological polar surface area (TPSA) is 50.1 Å². The van der Waals surface area contributed by atoms with E-state index < -0.39 is 17.3 Å². The van der Waals surface area contributed by atoms with E-state index in [9.17, 15) is 18.0 Å². The number of carbonyl (C=O) groups is 1. The van der Waals surface area contributed by atoms with Gasteiger partial charge in [-0.15, -0.1) is 0 Å². The number of alkyl halides is 3. The average Bonchev–Trinajstić information content (AvgIpc) is 2.47. The maximum Gasteiger partial charge on any atom is 0.417 e. The molecule has 0 heterocycles. The van der Waals surface area contributed by atoms with Crippen LogP contribution >= 0.6 is 0 Å². The van der Waals surface area contributed by atoms with Crippen LogP contribution in [0.1, 0.15) is 21.5 Å². The van der Waals surface area contributed by atoms with Crippen LogP contribution in [-0.4, -0.2) is 6.29 Å². The van der Waals surface area contributed by atoms with Crippen molar-refractivity contribution in [2.24, 2.45) is 0 Å². The summed E-state index contributed by atoms with van der Waals surface area (Å²) in [6.07, 6.45) is -4.53. The average molecular weight is 291 g/mol. The van der Waals surface area contributed by atoms with E-state index >= 15 is 0 Å². The Labute approximate surface area is 118 Å². The number of hydrogen-bond acceptors (Lipinski definition) is 3. The van der Waals surface area contributed by atoms with Crippen molar-refractivity contribution in [2.75, 3.05) is 0 Å². The zero-order valence-electron chi connectivity index (χ0n) is 10.5. The van der Waals surface area contributed by atoms with Crippen LogP contribution in [0.2, 0.25) is 0 Å². The highest BCUT2D eigenvalue weighted by Gasteiger charge is 2.33. The molecule has 0 aliphatic heterocycles. The number of para-hydroxylation sites is 1. The number of nitrogens with zero attached hydrogens (tertiary/aromatic N) is 1. The van der Waals surface area contributed by atoms with E-state index in [1.54, 1.807) is 12.1 Å². The van der Waals surface area contributed by atoms with Crippen molar-refractivity contribution in [2.45, 2.75) is 6.18 Å². The minimum Gasteiger partial charge on any atom is -0.456 e. The Morgan fingerprint density at radius 2 is 1.86 bits per heavy atom. The summed E-state index contributed by atoms with van der Waals surface area (Å²) in [6.45, 7) is 0. The smallest absolute Gasteiger partial charge is 0.417 e. The van der Waals surface area contributed by atoms with Crippen LogP contribution in [0.4, 0.5) is 13.2 Å². The number of aldehydes is 1. The summed E-state index contributed by atoms with van der Waals surface area (Å²) in [5.74, 6) is 0.0441. The van der Waals surface area contributed by atoms with Gasteiger partial charge in [0.05, 0.1) is 11.1 Å². The second kappa shape index (κ2) is 5.67. The quantitative estimate of drug-likeness (QED) is 0.797. The molecule has 6 heteroatoms. The lowest BCUT2D eigenvalue weighted by molar-refractivity contribution is -0.137. The van der Waals surface area contributed by atoms with Crippen molar-refractivity contribution >= 4 is 6.29 Å². The first-order chi connectivity index (χ1) is 9.95. The van der Waals surface area contributed by atoms with Crippen molar-refractivity contribution in [1.82, 2.24) is 0 Å². The molecule has 2 aromatic carbocycles. The molecule has 21 heavy (non-hydrogen) atoms. The monoisotopic (exact) mass is 291 g/mol. The fourth-order valence-electron chi connectivity index (χ4n) is 1.72. The molecule has 0 N–H and O–H groups in total. The largest absolute Gasteiger partial charge is 0.456 e. The molecular formula is C15H8F3NO2. The Hall–Kier alpha value is -2.81. The molecule has 2 rings (SSSR count). The highest BCUT2D eigenvalue weighted by molar-refractivity contribution is 5.78. The van der Waals surface area contributed by atoms with E-state index in [1.807, 2.05) is 6.07 Å². The predicted octanol–water partition coefficient (Wildman–Crippen LogP) is 4.18. The molecule has 2 aromatic rings. The van der Waals surface area contributed by atoms with Crippen molar-refractivity contribution < 1.29 is 22.7 Å². The number of carbonyl (C=O) groups excluding carboxylic acids is 1. The molecule has 0 bridgehead atoms. The number of benzene rings is 2. The van der Waals surface area contributed by atoms with Gasteiger partial charge in [0.15, 0.2) is 6.29 Å². The molecule has 3 nitrogen and oxygen atoms in total. The van der Waals surface area contributed by atoms with E-state index in [1.165, 1.54) is 18.2 Å². The van der Waals surface area contributed by atoms with Crippen LogP contribution in [0, 0.1) is 11.3 Å². The van der Waals surface area contributed by atoms with Gasteiger partial charge in [-0.25, -0.2) is 0 Å². The van der Waals surface area contributed by atoms with Crippen molar-refractivity contribution in [3.63, 3.8) is 0 Å². The van der Waals surface area contributed by atoms with Gasteiger partial charge >= 0.3 is 6.18 Å². The third kappa shape index (κ3) is 3.20. The Bertz CT molecular complexity index is 718. The Morgan fingerprint density at radius 3 is 2.48 bits per heavy atom. The fourth-order valence-corrected chi connectivity index (χ4v) is 1.72. The van der Waals surface area contributed by atoms with Crippen LogP contribution in [0.3, 0.4) is 0 Å². The van der Waals surface area contributed by atoms with Gasteiger partial charge in [-0.05, 0) is 30.3 Å². The van der Waals surface area contributed by atoms with Gasteiger partial charge < -0.3 is 4.74 Å². The first-order valence-corrected chi connectivity index (χ1v) is 5.79. The van der Waals surface area contributed by atoms with Gasteiger partial charge in [-0.2, -0.15) is 18.4 Å². The van der Waals surface area contributed by atoms with Gasteiger partial charge in [0, 0.05) is 5.56 Å². The minimum atomic E-state index is -4.66. The molecule has 106 valence electrons. The first-order valence-electron chi connectivity index (χ1n) is 5.79. The number of ether oxygens (including phenoxy) is 1. The molecular weight excluding hydrogens is 283 g/mol. The standard InChI is InChI=1S/C15H8F3NO2/c16-15(17,18)13-7-12(6-5-11(13)9-20)21-14-4-2-1-3-10(14)8-19/h1-7,9H. The molecule has 0 atom stereocenters. The number of nitriles is 1. The molecule has 0 radical (unpaired) electrons. The van der Waals surface area contributed by atoms with Crippen molar-refractivity contribution in [3.05, 3.63) is 59.2 Å². The zero-order valence-corrected chi connectivity index (χ0v) is 10.5. The maximum atomic E-state index is 12.8. The third-order valence-electron chi connectivity index (χ3n) is 2.69. The summed E-state index contributed by atoms with van der Waals surface area (Å²) in [5, 5.41) is 8.91. The number of hydrogen-bond donors (Lipinski definition) is 0. The van der Waals surface area contributed by atoms with Crippen LogP contribution in [0.5, 0.6) is 11.5 Å². The third-order valence-corrected chi connectivity index (χ3v) is 2.69. The Balaban J connectivity index is 2.43. The second-order valence-corrected chi connectivity index (χ2v) is 4.07. The van der Waals surface area contributed by atoms with Gasteiger partial charge in [0.1, 0.15) is 17.6 Å².